The number of hydrogen-bond donors (Lipinski definition) is 1. The van der Waals surface area contributed by atoms with Gasteiger partial charge in [-0.15, -0.1) is 0 Å². The summed E-state index contributed by atoms with van der Waals surface area (Å²) in [6, 6.07) is 0. The van der Waals surface area contributed by atoms with Crippen LogP contribution in [0.5, 0.6) is 0 Å². The molecule has 1 N–H and O–H groups in total. The van der Waals surface area contributed by atoms with Gasteiger partial charge >= 0.3 is 5.97 Å². The van der Waals surface area contributed by atoms with Crippen LogP contribution < -0.4 is 0 Å². The Morgan fingerprint density at radius 3 is 2.22 bits per heavy atom. The minimum Gasteiger partial charge on any atom is -0.481 e. The van der Waals surface area contributed by atoms with Crippen LogP contribution in [0, 0.1) is 5.41 Å². The fraction of sp³-hybridized carbons (Fsp3) is 0.929. The van der Waals surface area contributed by atoms with E-state index >= 15 is 0 Å². The quantitative estimate of drug-likeness (QED) is 0.816. The second-order valence-electron chi connectivity index (χ2n) is 6.24. The summed E-state index contributed by atoms with van der Waals surface area (Å²) in [6.45, 7) is 12.0. The predicted octanol–water partition coefficient (Wildman–Crippen LogP) is 1.90. The molecule has 1 fully saturated rings. The largest absolute Gasteiger partial charge is 0.481 e. The lowest BCUT2D eigenvalue weighted by molar-refractivity contribution is -0.151. The summed E-state index contributed by atoms with van der Waals surface area (Å²) in [4.78, 5) is 16.2. The van der Waals surface area contributed by atoms with Crippen molar-refractivity contribution in [2.24, 2.45) is 5.41 Å². The van der Waals surface area contributed by atoms with E-state index in [0.29, 0.717) is 19.4 Å². The van der Waals surface area contributed by atoms with Crippen molar-refractivity contribution in [1.29, 1.82) is 0 Å². The van der Waals surface area contributed by atoms with Gasteiger partial charge in [-0.25, -0.2) is 0 Å². The smallest absolute Gasteiger partial charge is 0.310 e. The van der Waals surface area contributed by atoms with Crippen LogP contribution >= 0.6 is 0 Å². The molecule has 0 atom stereocenters. The lowest BCUT2D eigenvalue weighted by Gasteiger charge is -2.47. The third-order valence-electron chi connectivity index (χ3n) is 4.73. The van der Waals surface area contributed by atoms with Crippen LogP contribution in [0.15, 0.2) is 0 Å². The Balaban J connectivity index is 2.75. The van der Waals surface area contributed by atoms with Crippen LogP contribution in [0.25, 0.3) is 0 Å². The summed E-state index contributed by atoms with van der Waals surface area (Å²) >= 11 is 0. The molecule has 106 valence electrons. The molecule has 4 nitrogen and oxygen atoms in total. The molecule has 0 aromatic carbocycles. The summed E-state index contributed by atoms with van der Waals surface area (Å²) in [5.41, 5.74) is -0.448. The van der Waals surface area contributed by atoms with Crippen molar-refractivity contribution in [3.8, 4) is 0 Å². The lowest BCUT2D eigenvalue weighted by Crippen LogP contribution is -2.59. The van der Waals surface area contributed by atoms with Crippen molar-refractivity contribution in [2.75, 3.05) is 33.2 Å². The average Bonchev–Trinajstić information content (AvgIpc) is 2.30. The zero-order valence-electron chi connectivity index (χ0n) is 12.5. The van der Waals surface area contributed by atoms with Crippen molar-refractivity contribution in [1.82, 2.24) is 9.80 Å². The molecule has 0 unspecified atom stereocenters. The second kappa shape index (κ2) is 5.57. The number of nitrogens with zero attached hydrogens (tertiary/aromatic N) is 2. The molecule has 0 aliphatic carbocycles. The summed E-state index contributed by atoms with van der Waals surface area (Å²) in [5, 5.41) is 9.50. The predicted molar refractivity (Wildman–Crippen MR) is 73.8 cm³/mol. The number of likely N-dealkylation sites (N-methyl/N-ethyl adjacent to an activating group) is 1. The normalized spacial score (nSPS) is 22.1. The highest BCUT2D eigenvalue weighted by molar-refractivity contribution is 5.74. The first-order valence-electron chi connectivity index (χ1n) is 6.94. The van der Waals surface area contributed by atoms with Crippen molar-refractivity contribution in [3.05, 3.63) is 0 Å². The zero-order valence-corrected chi connectivity index (χ0v) is 12.5. The van der Waals surface area contributed by atoms with Gasteiger partial charge in [0.05, 0.1) is 5.41 Å². The van der Waals surface area contributed by atoms with Gasteiger partial charge in [-0.3, -0.25) is 14.6 Å². The highest BCUT2D eigenvalue weighted by atomic mass is 16.4. The van der Waals surface area contributed by atoms with E-state index in [9.17, 15) is 9.90 Å². The number of aliphatic carboxylic acids is 1. The van der Waals surface area contributed by atoms with Crippen LogP contribution in [0.3, 0.4) is 0 Å². The molecular weight excluding hydrogens is 228 g/mol. The Morgan fingerprint density at radius 1 is 1.28 bits per heavy atom. The molecule has 0 spiro atoms. The van der Waals surface area contributed by atoms with Crippen LogP contribution in [0.2, 0.25) is 0 Å². The average molecular weight is 256 g/mol. The van der Waals surface area contributed by atoms with Gasteiger partial charge in [0.15, 0.2) is 0 Å². The maximum atomic E-state index is 11.5. The first kappa shape index (κ1) is 15.4. The monoisotopic (exact) mass is 256 g/mol. The van der Waals surface area contributed by atoms with E-state index < -0.39 is 11.4 Å². The molecule has 0 saturated carbocycles. The first-order chi connectivity index (χ1) is 8.27. The van der Waals surface area contributed by atoms with Crippen LogP contribution in [0.1, 0.15) is 40.5 Å². The molecular formula is C14H28N2O2. The standard InChI is InChI=1S/C14H28N2O2/c1-6-14(7-2,12(17)18)11-16-9-8-15(5)13(3,4)10-16/h6-11H2,1-5H3,(H,17,18). The van der Waals surface area contributed by atoms with E-state index in [1.807, 2.05) is 13.8 Å². The number of carboxylic acids is 1. The first-order valence-corrected chi connectivity index (χ1v) is 6.94. The van der Waals surface area contributed by atoms with E-state index in [1.54, 1.807) is 0 Å². The molecule has 0 amide bonds. The highest BCUT2D eigenvalue weighted by Crippen LogP contribution is 2.30. The van der Waals surface area contributed by atoms with Crippen molar-refractivity contribution in [3.63, 3.8) is 0 Å². The number of carboxylic acid groups (broad SMARTS) is 1. The Hall–Kier alpha value is -0.610. The topological polar surface area (TPSA) is 43.8 Å². The maximum Gasteiger partial charge on any atom is 0.310 e. The highest BCUT2D eigenvalue weighted by Gasteiger charge is 2.39. The van der Waals surface area contributed by atoms with E-state index in [0.717, 1.165) is 19.6 Å². The van der Waals surface area contributed by atoms with Gasteiger partial charge in [-0.2, -0.15) is 0 Å². The number of piperazine rings is 1. The van der Waals surface area contributed by atoms with Gasteiger partial charge in [0.2, 0.25) is 0 Å². The Labute approximate surface area is 111 Å². The van der Waals surface area contributed by atoms with E-state index in [4.69, 9.17) is 0 Å². The Bertz CT molecular complexity index is 298. The van der Waals surface area contributed by atoms with Gasteiger partial charge in [-0.05, 0) is 33.7 Å². The molecule has 0 aromatic rings. The van der Waals surface area contributed by atoms with Gasteiger partial charge in [0, 0.05) is 31.7 Å². The van der Waals surface area contributed by atoms with E-state index in [-0.39, 0.29) is 5.54 Å². The van der Waals surface area contributed by atoms with Crippen LogP contribution in [-0.2, 0) is 4.79 Å². The molecule has 0 radical (unpaired) electrons. The SMILES string of the molecule is CCC(CC)(CN1CCN(C)C(C)(C)C1)C(=O)O. The molecule has 18 heavy (non-hydrogen) atoms. The number of hydrogen-bond acceptors (Lipinski definition) is 3. The van der Waals surface area contributed by atoms with Gasteiger partial charge < -0.3 is 5.11 Å². The van der Waals surface area contributed by atoms with E-state index in [2.05, 4.69) is 30.7 Å². The molecule has 1 rings (SSSR count). The summed E-state index contributed by atoms with van der Waals surface area (Å²) < 4.78 is 0. The summed E-state index contributed by atoms with van der Waals surface area (Å²) in [6.07, 6.45) is 1.40. The zero-order chi connectivity index (χ0) is 14.0. The lowest BCUT2D eigenvalue weighted by atomic mass is 9.81. The fourth-order valence-electron chi connectivity index (χ4n) is 2.75. The number of carbonyl (C=O) groups is 1. The fourth-order valence-corrected chi connectivity index (χ4v) is 2.75. The number of rotatable bonds is 5. The molecule has 0 bridgehead atoms. The summed E-state index contributed by atoms with van der Waals surface area (Å²) in [7, 11) is 2.14. The Kier molecular flexibility index (Phi) is 4.78. The van der Waals surface area contributed by atoms with E-state index in [1.165, 1.54) is 0 Å². The molecule has 1 aliphatic rings. The van der Waals surface area contributed by atoms with Crippen molar-refractivity contribution in [2.45, 2.75) is 46.1 Å². The minimum absolute atomic E-state index is 0.129. The van der Waals surface area contributed by atoms with Crippen molar-refractivity contribution >= 4 is 5.97 Å². The van der Waals surface area contributed by atoms with Gasteiger partial charge in [0.25, 0.3) is 0 Å². The minimum atomic E-state index is -0.649. The second-order valence-corrected chi connectivity index (χ2v) is 6.24. The molecule has 4 heteroatoms. The maximum absolute atomic E-state index is 11.5. The molecule has 1 aliphatic heterocycles. The van der Waals surface area contributed by atoms with Gasteiger partial charge in [0.1, 0.15) is 0 Å². The molecule has 1 heterocycles. The molecule has 0 aromatic heterocycles. The van der Waals surface area contributed by atoms with Gasteiger partial charge in [-0.1, -0.05) is 13.8 Å². The third-order valence-corrected chi connectivity index (χ3v) is 4.73. The van der Waals surface area contributed by atoms with Crippen LogP contribution in [0.4, 0.5) is 0 Å². The third kappa shape index (κ3) is 3.04. The van der Waals surface area contributed by atoms with Crippen molar-refractivity contribution < 1.29 is 9.90 Å². The Morgan fingerprint density at radius 2 is 1.83 bits per heavy atom. The molecule has 1 saturated heterocycles. The summed E-state index contributed by atoms with van der Waals surface area (Å²) in [5.74, 6) is -0.649. The van der Waals surface area contributed by atoms with Crippen LogP contribution in [-0.4, -0.2) is 59.6 Å².